The number of aromatic nitrogens is 1. The van der Waals surface area contributed by atoms with E-state index in [1.54, 1.807) is 42.7 Å². The fourth-order valence-electron chi connectivity index (χ4n) is 5.17. The number of benzene rings is 2. The number of morpholine rings is 1. The summed E-state index contributed by atoms with van der Waals surface area (Å²) in [4.78, 5) is 23.2. The third-order valence-electron chi connectivity index (χ3n) is 7.49. The molecule has 11 heteroatoms. The first kappa shape index (κ1) is 28.0. The van der Waals surface area contributed by atoms with Crippen LogP contribution in [0, 0.1) is 12.8 Å². The van der Waals surface area contributed by atoms with Gasteiger partial charge < -0.3 is 9.47 Å². The number of carbonyl (C=O) groups excluding carboxylic acids is 1. The van der Waals surface area contributed by atoms with Gasteiger partial charge in [-0.25, -0.2) is 13.4 Å². The van der Waals surface area contributed by atoms with Gasteiger partial charge in [-0.2, -0.15) is 4.31 Å². The van der Waals surface area contributed by atoms with Crippen molar-refractivity contribution in [2.75, 3.05) is 64.5 Å². The van der Waals surface area contributed by atoms with Crippen molar-refractivity contribution in [1.82, 2.24) is 14.2 Å². The highest BCUT2D eigenvalue weighted by molar-refractivity contribution is 7.89. The lowest BCUT2D eigenvalue weighted by molar-refractivity contribution is -0.123. The molecule has 0 atom stereocenters. The van der Waals surface area contributed by atoms with Crippen LogP contribution in [0.5, 0.6) is 5.75 Å². The average Bonchev–Trinajstić information content (AvgIpc) is 3.38. The number of rotatable bonds is 9. The van der Waals surface area contributed by atoms with E-state index in [4.69, 9.17) is 14.5 Å². The van der Waals surface area contributed by atoms with Crippen molar-refractivity contribution in [3.05, 3.63) is 48.0 Å². The van der Waals surface area contributed by atoms with Crippen LogP contribution in [-0.2, 0) is 19.6 Å². The van der Waals surface area contributed by atoms with Crippen molar-refractivity contribution >= 4 is 42.6 Å². The van der Waals surface area contributed by atoms with Gasteiger partial charge in [0.1, 0.15) is 5.75 Å². The molecule has 2 aromatic carbocycles. The molecule has 2 fully saturated rings. The zero-order valence-corrected chi connectivity index (χ0v) is 24.2. The molecule has 0 unspecified atom stereocenters. The van der Waals surface area contributed by atoms with Gasteiger partial charge in [0.2, 0.25) is 15.9 Å². The molecule has 0 aliphatic carbocycles. The summed E-state index contributed by atoms with van der Waals surface area (Å²) in [5.41, 5.74) is 2.06. The number of aryl methyl sites for hydroxylation is 1. The molecule has 1 amide bonds. The molecule has 2 aliphatic rings. The first-order chi connectivity index (χ1) is 18.8. The maximum atomic E-state index is 13.9. The van der Waals surface area contributed by atoms with Gasteiger partial charge in [-0.05, 0) is 68.1 Å². The minimum Gasteiger partial charge on any atom is -0.497 e. The van der Waals surface area contributed by atoms with Crippen LogP contribution in [-0.4, -0.2) is 88.1 Å². The normalized spacial score (nSPS) is 17.9. The molecule has 1 aromatic heterocycles. The van der Waals surface area contributed by atoms with Gasteiger partial charge in [0.15, 0.2) is 5.13 Å². The molecule has 0 bridgehead atoms. The van der Waals surface area contributed by atoms with Crippen molar-refractivity contribution in [2.24, 2.45) is 5.92 Å². The first-order valence-corrected chi connectivity index (χ1v) is 15.7. The monoisotopic (exact) mass is 572 g/mol. The number of methoxy groups -OCH3 is 1. The molecule has 39 heavy (non-hydrogen) atoms. The number of thiazole rings is 1. The topological polar surface area (TPSA) is 92.3 Å². The van der Waals surface area contributed by atoms with E-state index in [9.17, 15) is 13.2 Å². The molecule has 0 saturated carbocycles. The van der Waals surface area contributed by atoms with Crippen molar-refractivity contribution in [3.8, 4) is 5.75 Å². The van der Waals surface area contributed by atoms with E-state index in [1.165, 1.54) is 4.31 Å². The van der Waals surface area contributed by atoms with Crippen LogP contribution in [0.3, 0.4) is 0 Å². The Morgan fingerprint density at radius 2 is 1.82 bits per heavy atom. The lowest BCUT2D eigenvalue weighted by Gasteiger charge is -2.33. The minimum atomic E-state index is -3.63. The summed E-state index contributed by atoms with van der Waals surface area (Å²) in [6, 6.07) is 12.6. The van der Waals surface area contributed by atoms with Crippen LogP contribution in [0.4, 0.5) is 5.13 Å². The van der Waals surface area contributed by atoms with Crippen molar-refractivity contribution in [2.45, 2.75) is 31.1 Å². The van der Waals surface area contributed by atoms with Gasteiger partial charge in [-0.1, -0.05) is 17.4 Å². The molecule has 0 spiro atoms. The molecule has 2 saturated heterocycles. The van der Waals surface area contributed by atoms with E-state index in [1.807, 2.05) is 17.0 Å². The highest BCUT2D eigenvalue weighted by Gasteiger charge is 2.35. The summed E-state index contributed by atoms with van der Waals surface area (Å²) in [7, 11) is -2.08. The predicted octanol–water partition coefficient (Wildman–Crippen LogP) is 3.77. The fourth-order valence-corrected chi connectivity index (χ4v) is 7.74. The SMILES string of the molecule is COc1ccc(S(=O)(=O)N2CCC(C(=O)N(CCCN3CCOCC3)c3nc4ccc(C)cc4s3)CC2)cc1. The number of sulfonamides is 1. The highest BCUT2D eigenvalue weighted by atomic mass is 32.2. The Morgan fingerprint density at radius 3 is 2.51 bits per heavy atom. The number of hydrogen-bond acceptors (Lipinski definition) is 8. The van der Waals surface area contributed by atoms with Crippen LogP contribution in [0.1, 0.15) is 24.8 Å². The quantitative estimate of drug-likeness (QED) is 0.386. The number of piperidine rings is 1. The van der Waals surface area contributed by atoms with E-state index in [0.717, 1.165) is 60.2 Å². The maximum Gasteiger partial charge on any atom is 0.243 e. The maximum absolute atomic E-state index is 13.9. The van der Waals surface area contributed by atoms with Crippen LogP contribution < -0.4 is 9.64 Å². The largest absolute Gasteiger partial charge is 0.497 e. The van der Waals surface area contributed by atoms with Gasteiger partial charge >= 0.3 is 0 Å². The standard InChI is InChI=1S/C28H36N4O5S2/c1-21-4-9-25-26(20-21)38-28(29-25)32(13-3-12-30-16-18-37-19-17-30)27(33)22-10-14-31(15-11-22)39(34,35)24-7-5-23(36-2)6-8-24/h4-9,20,22H,3,10-19H2,1-2H3. The Bertz CT molecular complexity index is 1380. The van der Waals surface area contributed by atoms with Gasteiger partial charge in [0, 0.05) is 45.2 Å². The fraction of sp³-hybridized carbons (Fsp3) is 0.500. The first-order valence-electron chi connectivity index (χ1n) is 13.5. The number of anilines is 1. The smallest absolute Gasteiger partial charge is 0.243 e. The van der Waals surface area contributed by atoms with Crippen LogP contribution in [0.25, 0.3) is 10.2 Å². The molecule has 9 nitrogen and oxygen atoms in total. The van der Waals surface area contributed by atoms with E-state index in [0.29, 0.717) is 38.2 Å². The van der Waals surface area contributed by atoms with Gasteiger partial charge in [-0.3, -0.25) is 14.6 Å². The van der Waals surface area contributed by atoms with E-state index in [-0.39, 0.29) is 16.7 Å². The molecule has 3 aromatic rings. The lowest BCUT2D eigenvalue weighted by Crippen LogP contribution is -2.45. The molecule has 0 radical (unpaired) electrons. The van der Waals surface area contributed by atoms with Crippen molar-refractivity contribution in [3.63, 3.8) is 0 Å². The summed E-state index contributed by atoms with van der Waals surface area (Å²) in [5.74, 6) is 0.399. The molecule has 3 heterocycles. The second kappa shape index (κ2) is 12.3. The summed E-state index contributed by atoms with van der Waals surface area (Å²) in [6.45, 7) is 7.48. The van der Waals surface area contributed by atoms with Crippen LogP contribution in [0.15, 0.2) is 47.4 Å². The number of ether oxygens (including phenoxy) is 2. The third-order valence-corrected chi connectivity index (χ3v) is 10.4. The summed E-state index contributed by atoms with van der Waals surface area (Å²) < 4.78 is 39.6. The Balaban J connectivity index is 1.28. The number of hydrogen-bond donors (Lipinski definition) is 0. The highest BCUT2D eigenvalue weighted by Crippen LogP contribution is 2.33. The summed E-state index contributed by atoms with van der Waals surface area (Å²) in [5, 5.41) is 0.718. The van der Waals surface area contributed by atoms with Gasteiger partial charge in [0.25, 0.3) is 0 Å². The summed E-state index contributed by atoms with van der Waals surface area (Å²) in [6.07, 6.45) is 1.81. The second-order valence-electron chi connectivity index (χ2n) is 10.1. The third kappa shape index (κ3) is 6.44. The van der Waals surface area contributed by atoms with Gasteiger partial charge in [-0.15, -0.1) is 0 Å². The Hall–Kier alpha value is -2.57. The lowest BCUT2D eigenvalue weighted by atomic mass is 9.96. The molecule has 0 N–H and O–H groups in total. The Morgan fingerprint density at radius 1 is 1.10 bits per heavy atom. The van der Waals surface area contributed by atoms with Crippen molar-refractivity contribution < 1.29 is 22.7 Å². The number of amides is 1. The zero-order valence-electron chi connectivity index (χ0n) is 22.5. The minimum absolute atomic E-state index is 0.0363. The number of fused-ring (bicyclic) bond motifs is 1. The van der Waals surface area contributed by atoms with Crippen LogP contribution >= 0.6 is 11.3 Å². The number of carbonyl (C=O) groups is 1. The van der Waals surface area contributed by atoms with E-state index in [2.05, 4.69) is 17.9 Å². The molecular weight excluding hydrogens is 536 g/mol. The second-order valence-corrected chi connectivity index (χ2v) is 13.1. The number of nitrogens with zero attached hydrogens (tertiary/aromatic N) is 4. The molecular formula is C28H36N4O5S2. The van der Waals surface area contributed by atoms with Crippen LogP contribution in [0.2, 0.25) is 0 Å². The van der Waals surface area contributed by atoms with E-state index < -0.39 is 10.0 Å². The van der Waals surface area contributed by atoms with Gasteiger partial charge in [0.05, 0.1) is 35.4 Å². The zero-order chi connectivity index (χ0) is 27.4. The van der Waals surface area contributed by atoms with Crippen molar-refractivity contribution in [1.29, 1.82) is 0 Å². The Kier molecular flexibility index (Phi) is 8.82. The molecule has 2 aliphatic heterocycles. The molecule has 5 rings (SSSR count). The average molecular weight is 573 g/mol. The van der Waals surface area contributed by atoms with E-state index >= 15 is 0 Å². The summed E-state index contributed by atoms with van der Waals surface area (Å²) >= 11 is 1.55. The predicted molar refractivity (Wildman–Crippen MR) is 153 cm³/mol. The molecule has 210 valence electrons. The Labute approximate surface area is 234 Å².